The molecule has 0 bridgehead atoms. The van der Waals surface area contributed by atoms with Gasteiger partial charge in [-0.05, 0) is 29.2 Å². The van der Waals surface area contributed by atoms with Crippen molar-refractivity contribution in [1.29, 1.82) is 5.26 Å². The Labute approximate surface area is 132 Å². The van der Waals surface area contributed by atoms with Crippen molar-refractivity contribution in [3.8, 4) is 5.97 Å². The fourth-order valence-electron chi connectivity index (χ4n) is 2.18. The summed E-state index contributed by atoms with van der Waals surface area (Å²) < 4.78 is 1.22. The molecule has 0 aliphatic heterocycles. The average Bonchev–Trinajstić information content (AvgIpc) is 3.03. The lowest BCUT2D eigenvalue weighted by molar-refractivity contribution is 0.0958. The molecular formula is C16H11BN4O2. The molecular weight excluding hydrogens is 291 g/mol. The third kappa shape index (κ3) is 3.02. The molecule has 0 aliphatic rings. The number of allylic oxidation sites excluding steroid dienone is 1. The summed E-state index contributed by atoms with van der Waals surface area (Å²) in [6.07, 6.45) is 2.98. The van der Waals surface area contributed by atoms with Gasteiger partial charge in [0.05, 0.1) is 5.52 Å². The third-order valence-electron chi connectivity index (χ3n) is 3.33. The van der Waals surface area contributed by atoms with Gasteiger partial charge in [0.15, 0.2) is 0 Å². The largest absolute Gasteiger partial charge is 0.445 e. The van der Waals surface area contributed by atoms with E-state index < -0.39 is 6.92 Å². The van der Waals surface area contributed by atoms with E-state index in [0.717, 1.165) is 0 Å². The molecule has 23 heavy (non-hydrogen) atoms. The Morgan fingerprint density at radius 3 is 2.91 bits per heavy atom. The summed E-state index contributed by atoms with van der Waals surface area (Å²) in [6, 6.07) is 14.0. The van der Waals surface area contributed by atoms with Crippen LogP contribution in [0.2, 0.25) is 0 Å². The van der Waals surface area contributed by atoms with E-state index in [0.29, 0.717) is 22.1 Å². The Hall–Kier alpha value is -3.24. The van der Waals surface area contributed by atoms with Gasteiger partial charge in [0.2, 0.25) is 0 Å². The van der Waals surface area contributed by atoms with Crippen LogP contribution in [0.1, 0.15) is 10.4 Å². The van der Waals surface area contributed by atoms with Crippen LogP contribution in [0.15, 0.2) is 54.6 Å². The van der Waals surface area contributed by atoms with Crippen molar-refractivity contribution in [2.45, 2.75) is 0 Å². The molecule has 0 spiro atoms. The highest BCUT2D eigenvalue weighted by atomic mass is 16.2. The highest BCUT2D eigenvalue weighted by Crippen LogP contribution is 2.10. The molecule has 1 heterocycles. The van der Waals surface area contributed by atoms with Crippen LogP contribution < -0.4 is 5.46 Å². The number of para-hydroxylation sites is 1. The van der Waals surface area contributed by atoms with Gasteiger partial charge in [-0.3, -0.25) is 4.79 Å². The Bertz CT molecular complexity index is 942. The molecule has 6 nitrogen and oxygen atoms in total. The lowest BCUT2D eigenvalue weighted by Crippen LogP contribution is -2.28. The van der Waals surface area contributed by atoms with Crippen molar-refractivity contribution >= 4 is 35.4 Å². The first-order valence-corrected chi connectivity index (χ1v) is 6.89. The maximum atomic E-state index is 12.2. The molecule has 3 aromatic rings. The number of hydrogen-bond acceptors (Lipinski definition) is 5. The lowest BCUT2D eigenvalue weighted by Gasteiger charge is -2.00. The summed E-state index contributed by atoms with van der Waals surface area (Å²) in [4.78, 5) is 12.2. The Kier molecular flexibility index (Phi) is 4.00. The molecule has 0 saturated carbocycles. The van der Waals surface area contributed by atoms with Crippen LogP contribution in [0.25, 0.3) is 17.1 Å². The molecule has 0 unspecified atom stereocenters. The molecule has 2 aromatic carbocycles. The quantitative estimate of drug-likeness (QED) is 0.576. The molecule has 0 radical (unpaired) electrons. The first-order chi connectivity index (χ1) is 11.2. The predicted molar refractivity (Wildman–Crippen MR) is 86.9 cm³/mol. The summed E-state index contributed by atoms with van der Waals surface area (Å²) >= 11 is 0. The second-order valence-electron chi connectivity index (χ2n) is 4.86. The minimum Gasteiger partial charge on any atom is -0.435 e. The van der Waals surface area contributed by atoms with E-state index in [1.165, 1.54) is 10.8 Å². The standard InChI is InChI=1S/C16H11BN4O2/c18-11-17(23)13-5-3-4-12(10-13)8-9-16(22)21-15-7-2-1-6-14(15)19-20-21/h1-10,23H/b9-8+. The van der Waals surface area contributed by atoms with Crippen LogP contribution in [-0.4, -0.2) is 32.8 Å². The van der Waals surface area contributed by atoms with Gasteiger partial charge in [-0.25, -0.2) is 5.26 Å². The van der Waals surface area contributed by atoms with Crippen molar-refractivity contribution in [2.75, 3.05) is 0 Å². The van der Waals surface area contributed by atoms with Crippen LogP contribution in [0, 0.1) is 11.2 Å². The maximum absolute atomic E-state index is 12.2. The zero-order chi connectivity index (χ0) is 16.2. The first-order valence-electron chi connectivity index (χ1n) is 6.89. The van der Waals surface area contributed by atoms with E-state index in [2.05, 4.69) is 10.3 Å². The van der Waals surface area contributed by atoms with Gasteiger partial charge < -0.3 is 5.02 Å². The monoisotopic (exact) mass is 302 g/mol. The summed E-state index contributed by atoms with van der Waals surface area (Å²) in [5.74, 6) is 1.43. The maximum Gasteiger partial charge on any atom is 0.445 e. The van der Waals surface area contributed by atoms with Gasteiger partial charge in [0.1, 0.15) is 5.52 Å². The number of aromatic nitrogens is 3. The number of rotatable bonds is 3. The number of nitrogens with zero attached hydrogens (tertiary/aromatic N) is 4. The zero-order valence-electron chi connectivity index (χ0n) is 12.0. The van der Waals surface area contributed by atoms with E-state index >= 15 is 0 Å². The van der Waals surface area contributed by atoms with Crippen LogP contribution in [0.3, 0.4) is 0 Å². The van der Waals surface area contributed by atoms with Gasteiger partial charge in [-0.2, -0.15) is 4.68 Å². The highest BCUT2D eigenvalue weighted by Gasteiger charge is 2.13. The number of carbonyl (C=O) groups excluding carboxylic acids is 1. The van der Waals surface area contributed by atoms with Crippen molar-refractivity contribution in [1.82, 2.24) is 15.0 Å². The van der Waals surface area contributed by atoms with Crippen LogP contribution in [-0.2, 0) is 0 Å². The topological polar surface area (TPSA) is 91.8 Å². The van der Waals surface area contributed by atoms with Gasteiger partial charge in [-0.15, -0.1) is 5.10 Å². The smallest absolute Gasteiger partial charge is 0.435 e. The summed E-state index contributed by atoms with van der Waals surface area (Å²) in [6.45, 7) is -1.18. The van der Waals surface area contributed by atoms with Gasteiger partial charge in [0.25, 0.3) is 5.91 Å². The molecule has 110 valence electrons. The van der Waals surface area contributed by atoms with Crippen molar-refractivity contribution in [2.24, 2.45) is 0 Å². The van der Waals surface area contributed by atoms with Crippen molar-refractivity contribution in [3.63, 3.8) is 0 Å². The lowest BCUT2D eigenvalue weighted by atomic mass is 9.63. The number of hydrogen-bond donors (Lipinski definition) is 1. The molecule has 0 amide bonds. The molecule has 1 N–H and O–H groups in total. The minimum atomic E-state index is -1.18. The molecule has 0 saturated heterocycles. The number of nitriles is 1. The van der Waals surface area contributed by atoms with Gasteiger partial charge in [0, 0.05) is 12.0 Å². The summed E-state index contributed by atoms with van der Waals surface area (Å²) in [5.41, 5.74) is 2.46. The normalized spacial score (nSPS) is 10.8. The average molecular weight is 302 g/mol. The fourth-order valence-corrected chi connectivity index (χ4v) is 2.18. The SMILES string of the molecule is N#CB(O)c1cccc(/C=C/C(=O)n2nnc3ccccc32)c1. The molecule has 0 fully saturated rings. The van der Waals surface area contributed by atoms with Crippen LogP contribution in [0.5, 0.6) is 0 Å². The second kappa shape index (κ2) is 6.26. The molecule has 3 rings (SSSR count). The molecule has 0 aliphatic carbocycles. The van der Waals surface area contributed by atoms with E-state index in [4.69, 9.17) is 5.26 Å². The fraction of sp³-hybridized carbons (Fsp3) is 0. The second-order valence-corrected chi connectivity index (χ2v) is 4.86. The van der Waals surface area contributed by atoms with E-state index in [9.17, 15) is 9.82 Å². The van der Waals surface area contributed by atoms with E-state index in [1.54, 1.807) is 48.4 Å². The van der Waals surface area contributed by atoms with Gasteiger partial charge >= 0.3 is 6.92 Å². The molecule has 7 heteroatoms. The van der Waals surface area contributed by atoms with Crippen LogP contribution in [0.4, 0.5) is 0 Å². The third-order valence-corrected chi connectivity index (χ3v) is 3.33. The Morgan fingerprint density at radius 1 is 1.26 bits per heavy atom. The summed E-state index contributed by atoms with van der Waals surface area (Å²) in [5, 5.41) is 26.0. The van der Waals surface area contributed by atoms with E-state index in [1.807, 2.05) is 12.1 Å². The first kappa shape index (κ1) is 14.7. The number of carbonyl (C=O) groups is 1. The predicted octanol–water partition coefficient (Wildman–Crippen LogP) is 1.04. The minimum absolute atomic E-state index is 0.329. The number of benzene rings is 2. The molecule has 0 atom stereocenters. The van der Waals surface area contributed by atoms with Crippen molar-refractivity contribution < 1.29 is 9.82 Å². The zero-order valence-corrected chi connectivity index (χ0v) is 12.0. The molecule has 1 aromatic heterocycles. The summed E-state index contributed by atoms with van der Waals surface area (Å²) in [7, 11) is 0. The van der Waals surface area contributed by atoms with E-state index in [-0.39, 0.29) is 5.91 Å². The van der Waals surface area contributed by atoms with Crippen LogP contribution >= 0.6 is 0 Å². The Morgan fingerprint density at radius 2 is 2.09 bits per heavy atom. The Balaban J connectivity index is 1.85. The highest BCUT2D eigenvalue weighted by molar-refractivity contribution is 6.73. The van der Waals surface area contributed by atoms with Gasteiger partial charge in [-0.1, -0.05) is 41.6 Å². The van der Waals surface area contributed by atoms with Crippen molar-refractivity contribution in [3.05, 3.63) is 60.2 Å². The number of fused-ring (bicyclic) bond motifs is 1.